The van der Waals surface area contributed by atoms with Gasteiger partial charge >= 0.3 is 0 Å². The Hall–Kier alpha value is -1.14. The van der Waals surface area contributed by atoms with Crippen molar-refractivity contribution in [2.75, 3.05) is 59.5 Å². The first-order chi connectivity index (χ1) is 12.7. The number of aliphatic hydroxyl groups is 1. The maximum Gasteiger partial charge on any atom is 0.123 e. The van der Waals surface area contributed by atoms with Crippen LogP contribution in [0.4, 0.5) is 0 Å². The average Bonchev–Trinajstić information content (AvgIpc) is 2.86. The summed E-state index contributed by atoms with van der Waals surface area (Å²) in [4.78, 5) is 7.27. The number of hydrogen-bond acceptors (Lipinski definition) is 5. The van der Waals surface area contributed by atoms with Crippen molar-refractivity contribution in [1.29, 1.82) is 0 Å². The number of benzene rings is 1. The number of ether oxygens (including phenoxy) is 1. The molecule has 0 saturated carbocycles. The predicted octanol–water partition coefficient (Wildman–Crippen LogP) is 2.05. The topological polar surface area (TPSA) is 39.2 Å². The molecular formula is C21H35N3O2. The minimum absolute atomic E-state index is 0.371. The van der Waals surface area contributed by atoms with Crippen molar-refractivity contribution in [1.82, 2.24) is 14.7 Å². The number of aliphatic hydroxyl groups excluding tert-OH is 1. The van der Waals surface area contributed by atoms with E-state index >= 15 is 0 Å². The van der Waals surface area contributed by atoms with Gasteiger partial charge in [-0.2, -0.15) is 0 Å². The van der Waals surface area contributed by atoms with Gasteiger partial charge in [-0.25, -0.2) is 0 Å². The van der Waals surface area contributed by atoms with E-state index < -0.39 is 6.10 Å². The van der Waals surface area contributed by atoms with E-state index in [1.807, 2.05) is 12.1 Å². The number of hydrogen-bond donors (Lipinski definition) is 1. The fourth-order valence-electron chi connectivity index (χ4n) is 3.95. The molecule has 1 N–H and O–H groups in total. The number of likely N-dealkylation sites (N-methyl/N-ethyl adjacent to an activating group) is 1. The molecule has 1 aromatic carbocycles. The number of piperidine rings is 1. The highest BCUT2D eigenvalue weighted by atomic mass is 16.5. The Morgan fingerprint density at radius 3 is 2.54 bits per heavy atom. The molecule has 2 saturated heterocycles. The van der Waals surface area contributed by atoms with Crippen LogP contribution >= 0.6 is 0 Å². The van der Waals surface area contributed by atoms with Crippen LogP contribution < -0.4 is 4.74 Å². The van der Waals surface area contributed by atoms with Gasteiger partial charge in [0.25, 0.3) is 0 Å². The molecule has 0 aliphatic carbocycles. The summed E-state index contributed by atoms with van der Waals surface area (Å²) in [5.41, 5.74) is 1.22. The molecule has 1 atom stereocenters. The maximum absolute atomic E-state index is 10.4. The van der Waals surface area contributed by atoms with Crippen LogP contribution in [-0.4, -0.2) is 85.4 Å². The van der Waals surface area contributed by atoms with E-state index in [0.717, 1.165) is 51.6 Å². The van der Waals surface area contributed by atoms with Crippen LogP contribution in [0.2, 0.25) is 0 Å². The van der Waals surface area contributed by atoms with E-state index in [4.69, 9.17) is 4.74 Å². The minimum atomic E-state index is -0.423. The van der Waals surface area contributed by atoms with Crippen LogP contribution in [0.3, 0.4) is 0 Å². The van der Waals surface area contributed by atoms with Gasteiger partial charge in [0.2, 0.25) is 0 Å². The van der Waals surface area contributed by atoms with Gasteiger partial charge in [0.05, 0.1) is 0 Å². The van der Waals surface area contributed by atoms with Crippen molar-refractivity contribution in [3.8, 4) is 5.75 Å². The summed E-state index contributed by atoms with van der Waals surface area (Å²) >= 11 is 0. The van der Waals surface area contributed by atoms with Crippen molar-refractivity contribution in [2.24, 2.45) is 0 Å². The van der Waals surface area contributed by atoms with E-state index in [2.05, 4.69) is 33.9 Å². The van der Waals surface area contributed by atoms with Gasteiger partial charge in [-0.1, -0.05) is 24.6 Å². The van der Waals surface area contributed by atoms with Gasteiger partial charge in [0.15, 0.2) is 0 Å². The Bertz CT molecular complexity index is 534. The Morgan fingerprint density at radius 1 is 0.923 bits per heavy atom. The zero-order valence-corrected chi connectivity index (χ0v) is 16.3. The van der Waals surface area contributed by atoms with Gasteiger partial charge in [-0.05, 0) is 58.6 Å². The smallest absolute Gasteiger partial charge is 0.123 e. The molecule has 0 bridgehead atoms. The molecule has 2 aliphatic rings. The van der Waals surface area contributed by atoms with Crippen molar-refractivity contribution in [3.63, 3.8) is 0 Å². The van der Waals surface area contributed by atoms with Crippen LogP contribution in [-0.2, 0) is 6.54 Å². The largest absolute Gasteiger partial charge is 0.491 e. The molecule has 5 heteroatoms. The summed E-state index contributed by atoms with van der Waals surface area (Å²) in [7, 11) is 2.20. The highest BCUT2D eigenvalue weighted by Crippen LogP contribution is 2.21. The summed E-state index contributed by atoms with van der Waals surface area (Å²) in [6.07, 6.45) is 4.62. The van der Waals surface area contributed by atoms with E-state index in [-0.39, 0.29) is 0 Å². The number of likely N-dealkylation sites (tertiary alicyclic amines) is 1. The first-order valence-corrected chi connectivity index (χ1v) is 10.2. The lowest BCUT2D eigenvalue weighted by Gasteiger charge is -2.28. The van der Waals surface area contributed by atoms with Crippen molar-refractivity contribution in [2.45, 2.75) is 38.3 Å². The van der Waals surface area contributed by atoms with E-state index in [0.29, 0.717) is 6.61 Å². The van der Waals surface area contributed by atoms with Gasteiger partial charge in [0.1, 0.15) is 18.5 Å². The second-order valence-electron chi connectivity index (χ2n) is 7.87. The molecule has 146 valence electrons. The molecule has 26 heavy (non-hydrogen) atoms. The molecule has 2 heterocycles. The van der Waals surface area contributed by atoms with Crippen molar-refractivity contribution >= 4 is 0 Å². The van der Waals surface area contributed by atoms with Gasteiger partial charge in [-0.3, -0.25) is 4.90 Å². The molecule has 0 radical (unpaired) electrons. The Balaban J connectivity index is 1.50. The lowest BCUT2D eigenvalue weighted by Crippen LogP contribution is -2.38. The van der Waals surface area contributed by atoms with Crippen LogP contribution in [0.1, 0.15) is 31.2 Å². The van der Waals surface area contributed by atoms with Crippen LogP contribution in [0, 0.1) is 0 Å². The second-order valence-corrected chi connectivity index (χ2v) is 7.87. The monoisotopic (exact) mass is 361 g/mol. The second kappa shape index (κ2) is 10.3. The van der Waals surface area contributed by atoms with Crippen molar-refractivity contribution in [3.05, 3.63) is 29.8 Å². The minimum Gasteiger partial charge on any atom is -0.491 e. The number of nitrogens with zero attached hydrogens (tertiary/aromatic N) is 3. The molecule has 2 aliphatic heterocycles. The molecule has 0 amide bonds. The van der Waals surface area contributed by atoms with Gasteiger partial charge in [-0.15, -0.1) is 0 Å². The van der Waals surface area contributed by atoms with E-state index in [1.165, 1.54) is 37.8 Å². The Labute approximate surface area is 158 Å². The van der Waals surface area contributed by atoms with Gasteiger partial charge in [0, 0.05) is 31.7 Å². The maximum atomic E-state index is 10.4. The first-order valence-electron chi connectivity index (χ1n) is 10.2. The summed E-state index contributed by atoms with van der Waals surface area (Å²) in [5.74, 6) is 0.919. The predicted molar refractivity (Wildman–Crippen MR) is 106 cm³/mol. The molecule has 2 fully saturated rings. The highest BCUT2D eigenvalue weighted by molar-refractivity contribution is 5.33. The molecule has 1 aromatic rings. The normalized spacial score (nSPS) is 22.1. The Kier molecular flexibility index (Phi) is 7.74. The molecule has 0 spiro atoms. The van der Waals surface area contributed by atoms with Crippen LogP contribution in [0.5, 0.6) is 5.75 Å². The third-order valence-electron chi connectivity index (χ3n) is 5.53. The molecule has 3 rings (SSSR count). The number of rotatable bonds is 7. The molecule has 5 nitrogen and oxygen atoms in total. The molecular weight excluding hydrogens is 326 g/mol. The molecule has 0 aromatic heterocycles. The van der Waals surface area contributed by atoms with Gasteiger partial charge < -0.3 is 19.6 Å². The third-order valence-corrected chi connectivity index (χ3v) is 5.53. The third kappa shape index (κ3) is 6.23. The Morgan fingerprint density at radius 2 is 1.69 bits per heavy atom. The zero-order valence-electron chi connectivity index (χ0n) is 16.3. The summed E-state index contributed by atoms with van der Waals surface area (Å²) in [6, 6.07) is 8.29. The van der Waals surface area contributed by atoms with E-state index in [9.17, 15) is 5.11 Å². The number of β-amino-alcohol motifs (C(OH)–C–C–N with tert-alkyl or cyclic N) is 1. The van der Waals surface area contributed by atoms with Crippen molar-refractivity contribution < 1.29 is 9.84 Å². The standard InChI is InChI=1S/C21H35N3O2/c1-22-10-7-13-24(15-14-22)16-19-8-3-4-9-21(19)26-18-20(25)17-23-11-5-2-6-12-23/h3-4,8-9,20,25H,2,5-7,10-18H2,1H3. The zero-order chi connectivity index (χ0) is 18.2. The summed E-state index contributed by atoms with van der Waals surface area (Å²) in [6.45, 7) is 8.77. The first kappa shape index (κ1) is 19.6. The lowest BCUT2D eigenvalue weighted by molar-refractivity contribution is 0.0611. The summed E-state index contributed by atoms with van der Waals surface area (Å²) in [5, 5.41) is 10.4. The van der Waals surface area contributed by atoms with Crippen LogP contribution in [0.25, 0.3) is 0 Å². The quantitative estimate of drug-likeness (QED) is 0.805. The number of para-hydroxylation sites is 1. The molecule has 1 unspecified atom stereocenters. The fraction of sp³-hybridized carbons (Fsp3) is 0.714. The SMILES string of the molecule is CN1CCCN(Cc2ccccc2OCC(O)CN2CCCCC2)CC1. The average molecular weight is 362 g/mol. The highest BCUT2D eigenvalue weighted by Gasteiger charge is 2.17. The lowest BCUT2D eigenvalue weighted by atomic mass is 10.1. The summed E-state index contributed by atoms with van der Waals surface area (Å²) < 4.78 is 6.02. The fourth-order valence-corrected chi connectivity index (χ4v) is 3.95. The van der Waals surface area contributed by atoms with E-state index in [1.54, 1.807) is 0 Å². The van der Waals surface area contributed by atoms with Crippen LogP contribution in [0.15, 0.2) is 24.3 Å².